The number of hydrogen-bond donors (Lipinski definition) is 2. The van der Waals surface area contributed by atoms with Crippen LogP contribution in [0, 0.1) is 21.4 Å². The van der Waals surface area contributed by atoms with Gasteiger partial charge < -0.3 is 5.32 Å². The van der Waals surface area contributed by atoms with Crippen LogP contribution in [-0.2, 0) is 17.6 Å². The number of hydrogen-bond acceptors (Lipinski definition) is 6. The Kier molecular flexibility index (Phi) is 5.59. The molecule has 0 saturated carbocycles. The number of nitro benzene ring substituents is 1. The van der Waals surface area contributed by atoms with Crippen molar-refractivity contribution in [2.75, 3.05) is 5.32 Å². The Bertz CT molecular complexity index is 987. The van der Waals surface area contributed by atoms with Crippen molar-refractivity contribution >= 4 is 51.3 Å². The molecule has 7 nitrogen and oxygen atoms in total. The van der Waals surface area contributed by atoms with E-state index in [0.29, 0.717) is 16.1 Å². The summed E-state index contributed by atoms with van der Waals surface area (Å²) in [5.74, 6) is -0.437. The van der Waals surface area contributed by atoms with Crippen LogP contribution in [0.5, 0.6) is 0 Å². The number of thiocarbonyl (C=S) groups is 1. The Balaban J connectivity index is 1.59. The second-order valence-corrected chi connectivity index (χ2v) is 7.31. The Morgan fingerprint density at radius 3 is 2.74 bits per heavy atom. The first-order valence-electron chi connectivity index (χ1n) is 8.07. The first-order chi connectivity index (χ1) is 13.0. The Morgan fingerprint density at radius 1 is 1.33 bits per heavy atom. The number of carbonyl (C=O) groups excluding carboxylic acids is 1. The highest BCUT2D eigenvalue weighted by Crippen LogP contribution is 2.38. The third-order valence-electron chi connectivity index (χ3n) is 4.03. The van der Waals surface area contributed by atoms with Crippen LogP contribution < -0.4 is 10.6 Å². The van der Waals surface area contributed by atoms with Crippen LogP contribution >= 0.6 is 23.6 Å². The molecule has 0 bridgehead atoms. The van der Waals surface area contributed by atoms with Gasteiger partial charge in [0.05, 0.1) is 10.5 Å². The summed E-state index contributed by atoms with van der Waals surface area (Å²) >= 11 is 6.65. The molecule has 9 heteroatoms. The van der Waals surface area contributed by atoms with Gasteiger partial charge in [-0.05, 0) is 60.8 Å². The van der Waals surface area contributed by atoms with Crippen molar-refractivity contribution in [3.63, 3.8) is 0 Å². The van der Waals surface area contributed by atoms with Crippen LogP contribution in [0.1, 0.15) is 28.0 Å². The lowest BCUT2D eigenvalue weighted by molar-refractivity contribution is -0.384. The second-order valence-electron chi connectivity index (χ2n) is 5.80. The molecule has 0 unspecified atom stereocenters. The van der Waals surface area contributed by atoms with Gasteiger partial charge in [-0.1, -0.05) is 0 Å². The number of nitro groups is 1. The van der Waals surface area contributed by atoms with Gasteiger partial charge in [0.25, 0.3) is 5.69 Å². The number of aryl methyl sites for hydroxylation is 1. The monoisotopic (exact) mass is 398 g/mol. The predicted octanol–water partition coefficient (Wildman–Crippen LogP) is 3.54. The Labute approximate surface area is 164 Å². The number of anilines is 1. The standard InChI is InChI=1S/C18H14N4O3S2/c19-10-14-13-2-1-3-15(13)27-17(14)21-18(26)20-16(23)9-6-11-4-7-12(8-5-11)22(24)25/h4-9H,1-3H2,(H2,20,21,23,26)/b9-6+. The van der Waals surface area contributed by atoms with Crippen LogP contribution in [0.2, 0.25) is 0 Å². The SMILES string of the molecule is N#Cc1c(NC(=S)NC(=O)/C=C/c2ccc([N+](=O)[O-])cc2)sc2c1CCC2. The minimum Gasteiger partial charge on any atom is -0.323 e. The zero-order chi connectivity index (χ0) is 19.4. The van der Waals surface area contributed by atoms with E-state index >= 15 is 0 Å². The van der Waals surface area contributed by atoms with E-state index in [1.165, 1.54) is 40.5 Å². The lowest BCUT2D eigenvalue weighted by atomic mass is 10.1. The Hall–Kier alpha value is -3.09. The summed E-state index contributed by atoms with van der Waals surface area (Å²) in [6, 6.07) is 8.03. The molecule has 1 aliphatic carbocycles. The van der Waals surface area contributed by atoms with Gasteiger partial charge in [-0.15, -0.1) is 11.3 Å². The smallest absolute Gasteiger partial charge is 0.269 e. The van der Waals surface area contributed by atoms with Gasteiger partial charge in [-0.3, -0.25) is 20.2 Å². The van der Waals surface area contributed by atoms with E-state index in [1.54, 1.807) is 12.1 Å². The molecule has 3 rings (SSSR count). The van der Waals surface area contributed by atoms with Crippen molar-refractivity contribution in [2.24, 2.45) is 0 Å². The summed E-state index contributed by atoms with van der Waals surface area (Å²) in [5.41, 5.74) is 2.32. The topological polar surface area (TPSA) is 108 Å². The van der Waals surface area contributed by atoms with E-state index in [4.69, 9.17) is 12.2 Å². The first kappa shape index (κ1) is 18.7. The summed E-state index contributed by atoms with van der Waals surface area (Å²) < 4.78 is 0. The number of fused-ring (bicyclic) bond motifs is 1. The van der Waals surface area contributed by atoms with Crippen molar-refractivity contribution in [1.82, 2.24) is 5.32 Å². The molecule has 2 N–H and O–H groups in total. The van der Waals surface area contributed by atoms with Crippen LogP contribution in [0.15, 0.2) is 30.3 Å². The van der Waals surface area contributed by atoms with Crippen molar-refractivity contribution in [3.8, 4) is 6.07 Å². The molecule has 1 amide bonds. The number of nitrogens with one attached hydrogen (secondary N) is 2. The zero-order valence-electron chi connectivity index (χ0n) is 14.0. The maximum Gasteiger partial charge on any atom is 0.269 e. The third-order valence-corrected chi connectivity index (χ3v) is 5.44. The van der Waals surface area contributed by atoms with Crippen LogP contribution in [0.3, 0.4) is 0 Å². The highest BCUT2D eigenvalue weighted by molar-refractivity contribution is 7.80. The average Bonchev–Trinajstić information content (AvgIpc) is 3.20. The van der Waals surface area contributed by atoms with Gasteiger partial charge >= 0.3 is 0 Å². The third kappa shape index (κ3) is 4.36. The molecule has 0 saturated heterocycles. The lowest BCUT2D eigenvalue weighted by Crippen LogP contribution is -2.32. The molecule has 1 aromatic heterocycles. The molecule has 1 aliphatic rings. The second kappa shape index (κ2) is 8.07. The number of rotatable bonds is 4. The van der Waals surface area contributed by atoms with Crippen molar-refractivity contribution in [3.05, 3.63) is 62.0 Å². The zero-order valence-corrected chi connectivity index (χ0v) is 15.7. The molecular weight excluding hydrogens is 384 g/mol. The molecule has 0 atom stereocenters. The van der Waals surface area contributed by atoms with Gasteiger partial charge in [0, 0.05) is 23.1 Å². The Morgan fingerprint density at radius 2 is 2.07 bits per heavy atom. The molecule has 2 aromatic rings. The molecule has 136 valence electrons. The minimum atomic E-state index is -0.486. The maximum atomic E-state index is 12.0. The highest BCUT2D eigenvalue weighted by Gasteiger charge is 2.22. The fraction of sp³-hybridized carbons (Fsp3) is 0.167. The molecule has 0 radical (unpaired) electrons. The molecule has 0 spiro atoms. The molecule has 27 heavy (non-hydrogen) atoms. The molecule has 0 aliphatic heterocycles. The summed E-state index contributed by atoms with van der Waals surface area (Å²) in [6.45, 7) is 0. The van der Waals surface area contributed by atoms with Crippen molar-refractivity contribution < 1.29 is 9.72 Å². The number of carbonyl (C=O) groups is 1. The summed E-state index contributed by atoms with van der Waals surface area (Å²) in [4.78, 5) is 23.3. The van der Waals surface area contributed by atoms with Gasteiger partial charge in [0.15, 0.2) is 5.11 Å². The lowest BCUT2D eigenvalue weighted by Gasteiger charge is -2.07. The quantitative estimate of drug-likeness (QED) is 0.353. The van der Waals surface area contributed by atoms with E-state index in [2.05, 4.69) is 16.7 Å². The molecular formula is C18H14N4O3S2. The van der Waals surface area contributed by atoms with Crippen molar-refractivity contribution in [2.45, 2.75) is 19.3 Å². The fourth-order valence-electron chi connectivity index (χ4n) is 2.78. The summed E-state index contributed by atoms with van der Waals surface area (Å²) in [5, 5.41) is 26.2. The first-order valence-corrected chi connectivity index (χ1v) is 9.29. The highest BCUT2D eigenvalue weighted by atomic mass is 32.1. The molecule has 1 aromatic carbocycles. The fourth-order valence-corrected chi connectivity index (χ4v) is 4.29. The summed E-state index contributed by atoms with van der Waals surface area (Å²) in [6.07, 6.45) is 5.74. The number of benzene rings is 1. The van der Waals surface area contributed by atoms with E-state index in [0.717, 1.165) is 24.8 Å². The van der Waals surface area contributed by atoms with Crippen LogP contribution in [-0.4, -0.2) is 15.9 Å². The normalized spacial score (nSPS) is 12.4. The number of nitrogens with zero attached hydrogens (tertiary/aromatic N) is 2. The van der Waals surface area contributed by atoms with Gasteiger partial charge in [0.2, 0.25) is 5.91 Å². The maximum absolute atomic E-state index is 12.0. The van der Waals surface area contributed by atoms with Crippen molar-refractivity contribution in [1.29, 1.82) is 5.26 Å². The van der Waals surface area contributed by atoms with E-state index in [9.17, 15) is 20.2 Å². The number of nitriles is 1. The number of thiophene rings is 1. The summed E-state index contributed by atoms with van der Waals surface area (Å²) in [7, 11) is 0. The van der Waals surface area contributed by atoms with Gasteiger partial charge in [0.1, 0.15) is 11.1 Å². The van der Waals surface area contributed by atoms with Crippen LogP contribution in [0.25, 0.3) is 6.08 Å². The number of non-ortho nitro benzene ring substituents is 1. The average molecular weight is 398 g/mol. The van der Waals surface area contributed by atoms with E-state index in [-0.39, 0.29) is 10.8 Å². The number of amides is 1. The van der Waals surface area contributed by atoms with Gasteiger partial charge in [-0.2, -0.15) is 5.26 Å². The minimum absolute atomic E-state index is 0.0156. The molecule has 0 fully saturated rings. The van der Waals surface area contributed by atoms with E-state index in [1.807, 2.05) is 0 Å². The molecule has 1 heterocycles. The largest absolute Gasteiger partial charge is 0.323 e. The predicted molar refractivity (Wildman–Crippen MR) is 108 cm³/mol. The van der Waals surface area contributed by atoms with E-state index < -0.39 is 10.8 Å². The van der Waals surface area contributed by atoms with Gasteiger partial charge in [-0.25, -0.2) is 0 Å². The van der Waals surface area contributed by atoms with Crippen LogP contribution in [0.4, 0.5) is 10.7 Å².